The van der Waals surface area contributed by atoms with Gasteiger partial charge >= 0.3 is 26.2 Å². The minimum absolute atomic E-state index is 0. The monoisotopic (exact) mass is 600 g/mol. The number of hydrogen-bond acceptors (Lipinski definition) is 2. The SMILES string of the molecule is CCCc1cc(C)ccc1C([NH-])=O.CCCc1cc(C)ccc1C([NH-])=O.[Br-].[Br-].[Zr+4]. The molecule has 2 N–H and O–H groups in total. The number of amides is 2. The van der Waals surface area contributed by atoms with E-state index >= 15 is 0 Å². The van der Waals surface area contributed by atoms with Gasteiger partial charge in [-0.15, -0.1) is 0 Å². The van der Waals surface area contributed by atoms with Crippen molar-refractivity contribution in [2.75, 3.05) is 0 Å². The van der Waals surface area contributed by atoms with Crippen molar-refractivity contribution in [1.82, 2.24) is 0 Å². The van der Waals surface area contributed by atoms with Crippen LogP contribution in [0.25, 0.3) is 11.5 Å². The first-order valence-corrected chi connectivity index (χ1v) is 9.01. The third-order valence-electron chi connectivity index (χ3n) is 4.05. The Morgan fingerprint density at radius 2 is 1.03 bits per heavy atom. The number of nitrogens with one attached hydrogen (secondary N) is 2. The zero-order chi connectivity index (χ0) is 19.7. The Kier molecular flexibility index (Phi) is 19.2. The quantitative estimate of drug-likeness (QED) is 0.476. The number of carbonyl (C=O) groups excluding carboxylic acids is 2. The van der Waals surface area contributed by atoms with Crippen LogP contribution in [0.1, 0.15) is 69.7 Å². The van der Waals surface area contributed by atoms with Gasteiger partial charge in [0.15, 0.2) is 0 Å². The molecule has 2 rings (SSSR count). The van der Waals surface area contributed by atoms with Crippen LogP contribution in [-0.4, -0.2) is 11.8 Å². The zero-order valence-electron chi connectivity index (χ0n) is 17.4. The number of hydrogen-bond donors (Lipinski definition) is 0. The van der Waals surface area contributed by atoms with E-state index in [2.05, 4.69) is 13.8 Å². The van der Waals surface area contributed by atoms with Gasteiger partial charge in [-0.05, 0) is 37.8 Å². The second kappa shape index (κ2) is 17.0. The fourth-order valence-electron chi connectivity index (χ4n) is 2.84. The van der Waals surface area contributed by atoms with Gasteiger partial charge in [0.1, 0.15) is 0 Å². The Labute approximate surface area is 214 Å². The maximum Gasteiger partial charge on any atom is 4.00 e. The molecule has 0 saturated carbocycles. The van der Waals surface area contributed by atoms with Crippen molar-refractivity contribution in [3.63, 3.8) is 0 Å². The molecule has 0 atom stereocenters. The van der Waals surface area contributed by atoms with Gasteiger partial charge in [0.05, 0.1) is 11.8 Å². The fourth-order valence-corrected chi connectivity index (χ4v) is 2.84. The molecule has 0 bridgehead atoms. The van der Waals surface area contributed by atoms with Crippen molar-refractivity contribution in [2.24, 2.45) is 0 Å². The van der Waals surface area contributed by atoms with E-state index in [1.807, 2.05) is 38.1 Å². The van der Waals surface area contributed by atoms with Crippen LogP contribution in [0.5, 0.6) is 0 Å². The number of carbonyl (C=O) groups is 2. The predicted octanol–water partition coefficient (Wildman–Crippen LogP) is 0.285. The second-order valence-corrected chi connectivity index (χ2v) is 6.48. The van der Waals surface area contributed by atoms with Crippen LogP contribution in [0.2, 0.25) is 0 Å². The van der Waals surface area contributed by atoms with Crippen LogP contribution in [0, 0.1) is 13.8 Å². The molecular formula is C22H28Br2N2O2Zr. The molecule has 0 radical (unpaired) electrons. The van der Waals surface area contributed by atoms with Crippen molar-refractivity contribution >= 4 is 11.8 Å². The molecule has 0 aliphatic heterocycles. The summed E-state index contributed by atoms with van der Waals surface area (Å²) in [4.78, 5) is 21.8. The normalized spacial score (nSPS) is 8.97. The number of aryl methyl sites for hydroxylation is 4. The van der Waals surface area contributed by atoms with Gasteiger partial charge in [-0.3, -0.25) is 0 Å². The van der Waals surface area contributed by atoms with E-state index in [-0.39, 0.29) is 60.2 Å². The molecule has 0 aliphatic rings. The van der Waals surface area contributed by atoms with Gasteiger partial charge in [0.25, 0.3) is 0 Å². The molecule has 0 aliphatic carbocycles. The molecule has 0 aromatic heterocycles. The van der Waals surface area contributed by atoms with Crippen molar-refractivity contribution in [3.05, 3.63) is 81.2 Å². The van der Waals surface area contributed by atoms with Crippen LogP contribution >= 0.6 is 0 Å². The largest absolute Gasteiger partial charge is 4.00 e. The summed E-state index contributed by atoms with van der Waals surface area (Å²) in [6.07, 6.45) is 3.76. The average Bonchev–Trinajstić information content (AvgIpc) is 2.55. The van der Waals surface area contributed by atoms with Crippen molar-refractivity contribution < 1.29 is 69.8 Å². The summed E-state index contributed by atoms with van der Waals surface area (Å²) >= 11 is 0. The molecule has 2 amide bonds. The van der Waals surface area contributed by atoms with E-state index < -0.39 is 11.8 Å². The van der Waals surface area contributed by atoms with Crippen LogP contribution in [0.15, 0.2) is 36.4 Å². The van der Waals surface area contributed by atoms with Gasteiger partial charge in [0, 0.05) is 11.1 Å². The Morgan fingerprint density at radius 1 is 0.724 bits per heavy atom. The average molecular weight is 604 g/mol. The minimum atomic E-state index is -0.580. The van der Waals surface area contributed by atoms with Gasteiger partial charge in [-0.1, -0.05) is 74.2 Å². The fraction of sp³-hybridized carbons (Fsp3) is 0.364. The molecule has 0 saturated heterocycles. The van der Waals surface area contributed by atoms with Gasteiger partial charge in [0.2, 0.25) is 0 Å². The van der Waals surface area contributed by atoms with Crippen molar-refractivity contribution in [2.45, 2.75) is 53.4 Å². The molecule has 0 heterocycles. The van der Waals surface area contributed by atoms with E-state index in [1.165, 1.54) is 0 Å². The number of halogens is 2. The Bertz CT molecular complexity index is 718. The van der Waals surface area contributed by atoms with Crippen molar-refractivity contribution in [1.29, 1.82) is 0 Å². The smallest absolute Gasteiger partial charge is 1.00 e. The maximum atomic E-state index is 10.9. The van der Waals surface area contributed by atoms with Crippen LogP contribution in [0.3, 0.4) is 0 Å². The second-order valence-electron chi connectivity index (χ2n) is 6.48. The molecule has 4 nitrogen and oxygen atoms in total. The molecular weight excluding hydrogens is 575 g/mol. The summed E-state index contributed by atoms with van der Waals surface area (Å²) in [5.41, 5.74) is 19.5. The minimum Gasteiger partial charge on any atom is -1.00 e. The summed E-state index contributed by atoms with van der Waals surface area (Å²) in [6.45, 7) is 8.13. The first kappa shape index (κ1) is 32.9. The molecule has 2 aromatic carbocycles. The Hall–Kier alpha value is -0.777. The Balaban J connectivity index is -0.000000422. The molecule has 0 unspecified atom stereocenters. The number of benzene rings is 2. The Morgan fingerprint density at radius 3 is 1.28 bits per heavy atom. The zero-order valence-corrected chi connectivity index (χ0v) is 23.0. The summed E-state index contributed by atoms with van der Waals surface area (Å²) in [5, 5.41) is 0. The summed E-state index contributed by atoms with van der Waals surface area (Å²) in [7, 11) is 0. The number of rotatable bonds is 6. The van der Waals surface area contributed by atoms with Crippen LogP contribution in [-0.2, 0) is 39.0 Å². The first-order valence-electron chi connectivity index (χ1n) is 9.01. The predicted molar refractivity (Wildman–Crippen MR) is 108 cm³/mol. The van der Waals surface area contributed by atoms with E-state index in [4.69, 9.17) is 11.5 Å². The summed E-state index contributed by atoms with van der Waals surface area (Å²) in [5.74, 6) is -1.16. The van der Waals surface area contributed by atoms with Gasteiger partial charge in [-0.2, -0.15) is 0 Å². The molecule has 156 valence electrons. The van der Waals surface area contributed by atoms with Crippen molar-refractivity contribution in [3.8, 4) is 0 Å². The van der Waals surface area contributed by atoms with E-state index in [9.17, 15) is 9.59 Å². The standard InChI is InChI=1S/2C11H15NO.2BrH.Zr/c2*1-3-4-9-7-8(2)5-6-10(9)11(12)13;;;/h2*5-7H,3-4H2,1-2H3,(H2,12,13);2*1H;/q;;;;+4/p-4. The molecule has 2 aromatic rings. The molecule has 0 fully saturated rings. The summed E-state index contributed by atoms with van der Waals surface area (Å²) in [6, 6.07) is 11.2. The third-order valence-corrected chi connectivity index (χ3v) is 4.05. The first-order chi connectivity index (χ1) is 12.3. The van der Waals surface area contributed by atoms with Gasteiger partial charge in [-0.25, -0.2) is 0 Å². The third kappa shape index (κ3) is 11.3. The molecule has 29 heavy (non-hydrogen) atoms. The van der Waals surface area contributed by atoms with Gasteiger partial charge < -0.3 is 55.0 Å². The van der Waals surface area contributed by atoms with Crippen LogP contribution < -0.4 is 34.0 Å². The van der Waals surface area contributed by atoms with E-state index in [0.29, 0.717) is 11.1 Å². The molecule has 0 spiro atoms. The topological polar surface area (TPSA) is 81.7 Å². The molecule has 7 heteroatoms. The summed E-state index contributed by atoms with van der Waals surface area (Å²) < 4.78 is 0. The maximum absolute atomic E-state index is 10.9. The van der Waals surface area contributed by atoms with Crippen LogP contribution in [0.4, 0.5) is 0 Å². The van der Waals surface area contributed by atoms with E-state index in [0.717, 1.165) is 47.9 Å². The van der Waals surface area contributed by atoms with E-state index in [1.54, 1.807) is 12.1 Å².